The lowest BCUT2D eigenvalue weighted by Gasteiger charge is -2.24. The summed E-state index contributed by atoms with van der Waals surface area (Å²) in [5, 5.41) is 0. The van der Waals surface area contributed by atoms with E-state index >= 15 is 0 Å². The van der Waals surface area contributed by atoms with E-state index in [-0.39, 0.29) is 16.2 Å². The Kier molecular flexibility index (Phi) is 16.7. The highest BCUT2D eigenvalue weighted by Gasteiger charge is 2.54. The summed E-state index contributed by atoms with van der Waals surface area (Å²) in [6.07, 6.45) is 20.0. The van der Waals surface area contributed by atoms with E-state index in [1.165, 1.54) is 121 Å². The largest absolute Gasteiger partial charge is 0.216 e. The predicted molar refractivity (Wildman–Crippen MR) is 396 cm³/mol. The van der Waals surface area contributed by atoms with Gasteiger partial charge in [-0.05, 0) is 244 Å². The minimum Gasteiger partial charge on any atom is -0.201 e. The average Bonchev–Trinajstić information content (AvgIpc) is 1.51. The number of aromatic nitrogens is 5. The first-order chi connectivity index (χ1) is 47.3. The fraction of sp³-hybridized carbons (Fsp3) is 0.396. The summed E-state index contributed by atoms with van der Waals surface area (Å²) in [6, 6.07) is 54.1. The molecule has 492 valence electrons. The van der Waals surface area contributed by atoms with E-state index in [0.717, 1.165) is 71.2 Å². The van der Waals surface area contributed by atoms with Crippen molar-refractivity contribution in [1.29, 1.82) is 0 Å². The number of hydrogen-bond donors (Lipinski definition) is 0. The number of benzene rings is 5. The molecule has 3 fully saturated rings. The van der Waals surface area contributed by atoms with Gasteiger partial charge in [-0.3, -0.25) is 0 Å². The van der Waals surface area contributed by atoms with Crippen molar-refractivity contribution >= 4 is 0 Å². The fourth-order valence-corrected chi connectivity index (χ4v) is 18.6. The lowest BCUT2D eigenvalue weighted by Crippen LogP contribution is -2.34. The third kappa shape index (κ3) is 12.0. The third-order valence-electron chi connectivity index (χ3n) is 23.1. The molecule has 5 aromatic heterocycles. The van der Waals surface area contributed by atoms with Crippen LogP contribution in [0.4, 0.5) is 0 Å². The van der Waals surface area contributed by atoms with Crippen molar-refractivity contribution in [3.63, 3.8) is 0 Å². The van der Waals surface area contributed by atoms with Crippen molar-refractivity contribution in [2.24, 2.45) is 40.7 Å². The quantitative estimate of drug-likeness (QED) is 0.153. The molecule has 5 heteroatoms. The van der Waals surface area contributed by atoms with Crippen LogP contribution in [0, 0.1) is 53.9 Å². The molecule has 6 atom stereocenters. The SMILES string of the molecule is Cc1ccc(-c2ccc(C)c[n+]2C)c(C)c1.Cc1ccccc1-c1c2c(cc[n+]1C)C(C)(C)CC2(C)C.Cc1ccccc1-c1c2c(cc[n+]1C)C1CCC2C1.[2H]C12CCC([2H])(C1)c1c2cc[n+](C)c1-c1ccccc1C.[2H]C12CCC([2H])(c3c1cc[n+](C)c3-c1ccccc1C)C2(C)C. The molecule has 0 amide bonds. The number of nitrogens with zero attached hydrogens (tertiary/aromatic N) is 5. The Hall–Kier alpha value is -8.15. The van der Waals surface area contributed by atoms with Crippen LogP contribution in [0.2, 0.25) is 0 Å². The topological polar surface area (TPSA) is 19.4 Å². The van der Waals surface area contributed by atoms with Crippen LogP contribution in [0.25, 0.3) is 56.3 Å². The average molecular weight is 1280 g/mol. The number of aryl methyl sites for hydroxylation is 12. The zero-order valence-corrected chi connectivity index (χ0v) is 61.1. The van der Waals surface area contributed by atoms with Gasteiger partial charge in [-0.1, -0.05) is 132 Å². The van der Waals surface area contributed by atoms with Gasteiger partial charge in [-0.25, -0.2) is 22.8 Å². The molecule has 3 saturated carbocycles. The number of hydrogen-bond acceptors (Lipinski definition) is 0. The minimum atomic E-state index is -0.680. The van der Waals surface area contributed by atoms with Crippen molar-refractivity contribution in [1.82, 2.24) is 0 Å². The molecule has 10 aromatic rings. The van der Waals surface area contributed by atoms with Gasteiger partial charge in [0.2, 0.25) is 28.5 Å². The molecule has 17 rings (SSSR count). The van der Waals surface area contributed by atoms with Gasteiger partial charge in [0.05, 0.1) is 0 Å². The Morgan fingerprint density at radius 1 is 0.365 bits per heavy atom. The number of fused-ring (bicyclic) bond motifs is 16. The molecule has 5 nitrogen and oxygen atoms in total. The van der Waals surface area contributed by atoms with Crippen LogP contribution in [0.1, 0.15) is 224 Å². The van der Waals surface area contributed by atoms with Gasteiger partial charge in [0.1, 0.15) is 35.2 Å². The molecule has 96 heavy (non-hydrogen) atoms. The normalized spacial score (nSPS) is 24.4. The Balaban J connectivity index is 0.000000113. The van der Waals surface area contributed by atoms with Crippen LogP contribution < -0.4 is 22.8 Å². The van der Waals surface area contributed by atoms with E-state index in [2.05, 4.69) is 324 Å². The van der Waals surface area contributed by atoms with E-state index in [4.69, 9.17) is 4.11 Å². The molecule has 5 heterocycles. The smallest absolute Gasteiger partial charge is 0.201 e. The fourth-order valence-electron chi connectivity index (χ4n) is 18.6. The Bertz CT molecular complexity index is 4750. The summed E-state index contributed by atoms with van der Waals surface area (Å²) >= 11 is 0. The van der Waals surface area contributed by atoms with Gasteiger partial charge in [-0.2, -0.15) is 0 Å². The summed E-state index contributed by atoms with van der Waals surface area (Å²) in [5.41, 5.74) is 32.7. The molecule has 6 unspecified atom stereocenters. The van der Waals surface area contributed by atoms with Crippen LogP contribution in [0.5, 0.6) is 0 Å². The Morgan fingerprint density at radius 2 is 0.833 bits per heavy atom. The van der Waals surface area contributed by atoms with Gasteiger partial charge >= 0.3 is 0 Å². The summed E-state index contributed by atoms with van der Waals surface area (Å²) in [4.78, 5) is 0. The maximum Gasteiger partial charge on any atom is 0.216 e. The van der Waals surface area contributed by atoms with Crippen LogP contribution in [0.3, 0.4) is 0 Å². The molecule has 0 N–H and O–H groups in total. The van der Waals surface area contributed by atoms with Crippen molar-refractivity contribution in [2.45, 2.75) is 194 Å². The van der Waals surface area contributed by atoms with E-state index in [1.807, 2.05) is 7.05 Å². The molecule has 0 spiro atoms. The van der Waals surface area contributed by atoms with Crippen LogP contribution in [0.15, 0.2) is 183 Å². The van der Waals surface area contributed by atoms with Gasteiger partial charge in [0, 0.05) is 91.4 Å². The van der Waals surface area contributed by atoms with E-state index < -0.39 is 23.6 Å². The van der Waals surface area contributed by atoms with Gasteiger partial charge in [-0.15, -0.1) is 0 Å². The van der Waals surface area contributed by atoms with Crippen LogP contribution in [-0.2, 0) is 46.1 Å². The Labute approximate surface area is 582 Å². The first-order valence-corrected chi connectivity index (χ1v) is 35.7. The van der Waals surface area contributed by atoms with E-state index in [1.54, 1.807) is 11.1 Å². The maximum absolute atomic E-state index is 9.30. The molecular weight excluding hydrogens is 1160 g/mol. The first kappa shape index (κ1) is 61.4. The molecule has 7 aliphatic carbocycles. The van der Waals surface area contributed by atoms with E-state index in [9.17, 15) is 1.37 Å². The highest BCUT2D eigenvalue weighted by atomic mass is 15.0. The maximum atomic E-state index is 9.30. The number of pyridine rings is 5. The second-order valence-electron chi connectivity index (χ2n) is 31.2. The minimum absolute atomic E-state index is 0.218. The van der Waals surface area contributed by atoms with Gasteiger partial charge in [0.25, 0.3) is 0 Å². The van der Waals surface area contributed by atoms with Crippen molar-refractivity contribution in [3.05, 3.63) is 266 Å². The zero-order chi connectivity index (χ0) is 71.6. The van der Waals surface area contributed by atoms with Crippen molar-refractivity contribution in [2.75, 3.05) is 0 Å². The lowest BCUT2D eigenvalue weighted by molar-refractivity contribution is -0.661. The van der Waals surface area contributed by atoms with Crippen LogP contribution in [-0.4, -0.2) is 0 Å². The molecule has 6 bridgehead atoms. The lowest BCUT2D eigenvalue weighted by atomic mass is 9.79. The summed E-state index contributed by atoms with van der Waals surface area (Å²) in [5.74, 6) is -0.793. The highest BCUT2D eigenvalue weighted by molar-refractivity contribution is 5.72. The summed E-state index contributed by atoms with van der Waals surface area (Å²) in [6.45, 7) is 28.9. The Morgan fingerprint density at radius 3 is 1.40 bits per heavy atom. The second-order valence-corrected chi connectivity index (χ2v) is 31.2. The molecule has 7 aliphatic rings. The number of rotatable bonds is 5. The van der Waals surface area contributed by atoms with Gasteiger partial charge < -0.3 is 0 Å². The second kappa shape index (κ2) is 26.0. The molecule has 0 saturated heterocycles. The van der Waals surface area contributed by atoms with Crippen molar-refractivity contribution in [3.8, 4) is 56.3 Å². The summed E-state index contributed by atoms with van der Waals surface area (Å²) < 4.78 is 47.1. The highest BCUT2D eigenvalue weighted by Crippen LogP contribution is 2.65. The zero-order valence-electron chi connectivity index (χ0n) is 65.1. The standard InChI is InChI=1S/C20H24N.C20H26N.2C18H20N.C15H18N/c1-13-7-5-6-8-14(13)19-18-15(11-12-21(19)4)16-9-10-17(18)20(16,2)3;1-14-9-7-8-10-15(14)18-17-16(11-12-21(18)6)19(2,3)13-20(17,4)5;2*1-12-5-3-4-6-15(12)18-17-14-8-7-13(11-14)16(17)9-10-19(18)2;1-11-5-7-14(13(3)9-11)15-8-6-12(2)10-16(15)4/h5-8,11-12,16-17H,9-10H2,1-4H3;7-12H,13H2,1-6H3;2*3-6,9-10,13-14H,7-8,11H2,1-2H3;5-10H,1-4H3/q5*+1/i16D,17D;;13D,14D;;. The van der Waals surface area contributed by atoms with Crippen LogP contribution >= 0.6 is 0 Å². The first-order valence-electron chi connectivity index (χ1n) is 37.7. The van der Waals surface area contributed by atoms with Crippen molar-refractivity contribution < 1.29 is 28.3 Å². The molecule has 0 radical (unpaired) electrons. The van der Waals surface area contributed by atoms with E-state index in [0.29, 0.717) is 6.42 Å². The molecule has 0 aliphatic heterocycles. The monoisotopic (exact) mass is 1270 g/mol. The molecular formula is C91H108N5+5. The van der Waals surface area contributed by atoms with Gasteiger partial charge in [0.15, 0.2) is 31.0 Å². The predicted octanol–water partition coefficient (Wildman–Crippen LogP) is 19.7. The molecule has 5 aromatic carbocycles. The third-order valence-corrected chi connectivity index (χ3v) is 23.1. The summed E-state index contributed by atoms with van der Waals surface area (Å²) in [7, 11) is 10.6.